The summed E-state index contributed by atoms with van der Waals surface area (Å²) < 4.78 is 6.84. The molecule has 0 aliphatic heterocycles. The van der Waals surface area contributed by atoms with Gasteiger partial charge in [-0.15, -0.1) is 0 Å². The summed E-state index contributed by atoms with van der Waals surface area (Å²) in [6.07, 6.45) is 3.27. The molecule has 130 valence electrons. The summed E-state index contributed by atoms with van der Waals surface area (Å²) in [6.45, 7) is 5.25. The lowest BCUT2D eigenvalue weighted by Crippen LogP contribution is -2.31. The summed E-state index contributed by atoms with van der Waals surface area (Å²) in [5, 5.41) is 2.76. The van der Waals surface area contributed by atoms with Gasteiger partial charge in [0.15, 0.2) is 5.69 Å². The smallest absolute Gasteiger partial charge is 0.288 e. The molecule has 1 N–H and O–H groups in total. The number of nitrogens with one attached hydrogen (secondary N) is 1. The molecule has 3 heterocycles. The first-order chi connectivity index (χ1) is 12.2. The Balaban J connectivity index is 1.93. The van der Waals surface area contributed by atoms with Crippen LogP contribution in [0.3, 0.4) is 0 Å². The van der Waals surface area contributed by atoms with Gasteiger partial charge in [0.25, 0.3) is 11.8 Å². The third kappa shape index (κ3) is 3.26. The SMILES string of the molecule is CCN(CC)C(=O)c1nc(C(=O)NCc2ccco2)n2ccccc12. The molecule has 0 unspecified atom stereocenters. The van der Waals surface area contributed by atoms with E-state index in [4.69, 9.17) is 4.42 Å². The third-order valence-corrected chi connectivity index (χ3v) is 4.01. The second-order valence-electron chi connectivity index (χ2n) is 5.48. The van der Waals surface area contributed by atoms with Crippen LogP contribution < -0.4 is 5.32 Å². The molecule has 0 aliphatic carbocycles. The van der Waals surface area contributed by atoms with E-state index >= 15 is 0 Å². The fourth-order valence-corrected chi connectivity index (χ4v) is 2.68. The van der Waals surface area contributed by atoms with Crippen LogP contribution in [0, 0.1) is 0 Å². The van der Waals surface area contributed by atoms with Crippen molar-refractivity contribution in [2.75, 3.05) is 13.1 Å². The molecule has 0 saturated carbocycles. The number of hydrogen-bond acceptors (Lipinski definition) is 4. The van der Waals surface area contributed by atoms with Crippen LogP contribution in [0.15, 0.2) is 47.2 Å². The highest BCUT2D eigenvalue weighted by Gasteiger charge is 2.23. The van der Waals surface area contributed by atoms with Crippen LogP contribution in [0.5, 0.6) is 0 Å². The van der Waals surface area contributed by atoms with Crippen molar-refractivity contribution in [2.24, 2.45) is 0 Å². The van der Waals surface area contributed by atoms with Crippen molar-refractivity contribution >= 4 is 17.3 Å². The van der Waals surface area contributed by atoms with E-state index in [1.807, 2.05) is 19.9 Å². The van der Waals surface area contributed by atoms with E-state index in [0.29, 0.717) is 24.4 Å². The molecule has 2 amide bonds. The fraction of sp³-hybridized carbons (Fsp3) is 0.278. The van der Waals surface area contributed by atoms with Gasteiger partial charge in [0, 0.05) is 19.3 Å². The molecule has 25 heavy (non-hydrogen) atoms. The maximum Gasteiger partial charge on any atom is 0.288 e. The highest BCUT2D eigenvalue weighted by molar-refractivity contribution is 6.02. The molecule has 0 spiro atoms. The Kier molecular flexibility index (Phi) is 4.83. The maximum atomic E-state index is 12.7. The molecule has 7 heteroatoms. The number of rotatable bonds is 6. The van der Waals surface area contributed by atoms with Crippen molar-refractivity contribution in [1.82, 2.24) is 19.6 Å². The molecule has 0 aliphatic rings. The first-order valence-corrected chi connectivity index (χ1v) is 8.22. The van der Waals surface area contributed by atoms with Gasteiger partial charge in [-0.3, -0.25) is 14.0 Å². The number of pyridine rings is 1. The van der Waals surface area contributed by atoms with Gasteiger partial charge >= 0.3 is 0 Å². The zero-order valence-electron chi connectivity index (χ0n) is 14.2. The summed E-state index contributed by atoms with van der Waals surface area (Å²) in [5.74, 6) is 0.279. The molecular weight excluding hydrogens is 320 g/mol. The van der Waals surface area contributed by atoms with Crippen molar-refractivity contribution in [3.63, 3.8) is 0 Å². The van der Waals surface area contributed by atoms with Crippen molar-refractivity contribution in [1.29, 1.82) is 0 Å². The molecular formula is C18H20N4O3. The van der Waals surface area contributed by atoms with Crippen molar-refractivity contribution in [2.45, 2.75) is 20.4 Å². The average Bonchev–Trinajstić information content (AvgIpc) is 3.28. The van der Waals surface area contributed by atoms with E-state index in [2.05, 4.69) is 10.3 Å². The maximum absolute atomic E-state index is 12.7. The van der Waals surface area contributed by atoms with Crippen molar-refractivity contribution in [3.05, 3.63) is 60.1 Å². The Morgan fingerprint density at radius 2 is 2.00 bits per heavy atom. The summed E-state index contributed by atoms with van der Waals surface area (Å²) in [4.78, 5) is 31.3. The molecule has 0 fully saturated rings. The second kappa shape index (κ2) is 7.21. The zero-order valence-corrected chi connectivity index (χ0v) is 14.2. The van der Waals surface area contributed by atoms with Gasteiger partial charge in [0.1, 0.15) is 5.76 Å². The lowest BCUT2D eigenvalue weighted by atomic mass is 10.3. The third-order valence-electron chi connectivity index (χ3n) is 4.01. The topological polar surface area (TPSA) is 79.8 Å². The molecule has 3 aromatic rings. The summed E-state index contributed by atoms with van der Waals surface area (Å²) >= 11 is 0. The quantitative estimate of drug-likeness (QED) is 0.747. The van der Waals surface area contributed by atoms with Crippen LogP contribution in [-0.2, 0) is 6.54 Å². The van der Waals surface area contributed by atoms with E-state index in [1.54, 1.807) is 46.0 Å². The van der Waals surface area contributed by atoms with Crippen LogP contribution in [0.4, 0.5) is 0 Å². The number of aromatic nitrogens is 2. The van der Waals surface area contributed by atoms with Gasteiger partial charge in [-0.1, -0.05) is 6.07 Å². The molecule has 0 aromatic carbocycles. The highest BCUT2D eigenvalue weighted by Crippen LogP contribution is 2.15. The van der Waals surface area contributed by atoms with E-state index in [0.717, 1.165) is 0 Å². The minimum absolute atomic E-state index is 0.178. The Bertz CT molecular complexity index is 879. The number of fused-ring (bicyclic) bond motifs is 1. The number of carbonyl (C=O) groups is 2. The minimum Gasteiger partial charge on any atom is -0.467 e. The van der Waals surface area contributed by atoms with Gasteiger partial charge in [0.05, 0.1) is 18.3 Å². The van der Waals surface area contributed by atoms with Crippen LogP contribution in [0.2, 0.25) is 0 Å². The van der Waals surface area contributed by atoms with Gasteiger partial charge in [0.2, 0.25) is 5.82 Å². The lowest BCUT2D eigenvalue weighted by Gasteiger charge is -2.17. The number of hydrogen-bond donors (Lipinski definition) is 1. The van der Waals surface area contributed by atoms with E-state index in [1.165, 1.54) is 0 Å². The second-order valence-corrected chi connectivity index (χ2v) is 5.48. The minimum atomic E-state index is -0.365. The molecule has 0 radical (unpaired) electrons. The van der Waals surface area contributed by atoms with Gasteiger partial charge in [-0.25, -0.2) is 4.98 Å². The normalized spacial score (nSPS) is 10.8. The number of imidazole rings is 1. The number of furan rings is 1. The Hall–Kier alpha value is -3.09. The predicted molar refractivity (Wildman–Crippen MR) is 92.3 cm³/mol. The summed E-state index contributed by atoms with van der Waals surface area (Å²) in [5.41, 5.74) is 0.898. The monoisotopic (exact) mass is 340 g/mol. The standard InChI is InChI=1S/C18H20N4O3/c1-3-21(4-2)18(24)15-14-9-5-6-10-22(14)16(20-15)17(23)19-12-13-8-7-11-25-13/h5-11H,3-4,12H2,1-2H3,(H,19,23). The molecule has 7 nitrogen and oxygen atoms in total. The summed E-state index contributed by atoms with van der Waals surface area (Å²) in [6, 6.07) is 8.93. The number of nitrogens with zero attached hydrogens (tertiary/aromatic N) is 3. The zero-order chi connectivity index (χ0) is 17.8. The highest BCUT2D eigenvalue weighted by atomic mass is 16.3. The fourth-order valence-electron chi connectivity index (χ4n) is 2.68. The Morgan fingerprint density at radius 1 is 1.20 bits per heavy atom. The lowest BCUT2D eigenvalue weighted by molar-refractivity contribution is 0.0769. The van der Waals surface area contributed by atoms with Crippen molar-refractivity contribution < 1.29 is 14.0 Å². The first kappa shape index (κ1) is 16.8. The number of carbonyl (C=O) groups excluding carboxylic acids is 2. The van der Waals surface area contributed by atoms with Crippen LogP contribution in [0.1, 0.15) is 40.7 Å². The number of amides is 2. The largest absolute Gasteiger partial charge is 0.467 e. The van der Waals surface area contributed by atoms with Gasteiger partial charge in [-0.05, 0) is 38.1 Å². The van der Waals surface area contributed by atoms with E-state index in [9.17, 15) is 9.59 Å². The average molecular weight is 340 g/mol. The van der Waals surface area contributed by atoms with E-state index in [-0.39, 0.29) is 29.9 Å². The van der Waals surface area contributed by atoms with Crippen LogP contribution in [0.25, 0.3) is 5.52 Å². The van der Waals surface area contributed by atoms with Crippen molar-refractivity contribution in [3.8, 4) is 0 Å². The molecule has 3 rings (SSSR count). The molecule has 0 saturated heterocycles. The molecule has 0 bridgehead atoms. The van der Waals surface area contributed by atoms with Crippen LogP contribution >= 0.6 is 0 Å². The van der Waals surface area contributed by atoms with Gasteiger partial charge < -0.3 is 14.6 Å². The molecule has 0 atom stereocenters. The Labute approximate surface area is 145 Å². The van der Waals surface area contributed by atoms with Gasteiger partial charge in [-0.2, -0.15) is 0 Å². The van der Waals surface area contributed by atoms with E-state index < -0.39 is 0 Å². The Morgan fingerprint density at radius 3 is 2.68 bits per heavy atom. The van der Waals surface area contributed by atoms with Crippen LogP contribution in [-0.4, -0.2) is 39.2 Å². The summed E-state index contributed by atoms with van der Waals surface area (Å²) in [7, 11) is 0. The predicted octanol–water partition coefficient (Wildman–Crippen LogP) is 2.34. The first-order valence-electron chi connectivity index (χ1n) is 8.22. The molecule has 3 aromatic heterocycles.